The van der Waals surface area contributed by atoms with E-state index >= 15 is 0 Å². The van der Waals surface area contributed by atoms with E-state index in [-0.39, 0.29) is 36.3 Å². The van der Waals surface area contributed by atoms with Crippen molar-refractivity contribution in [3.05, 3.63) is 116 Å². The van der Waals surface area contributed by atoms with Crippen LogP contribution in [0.4, 0.5) is 13.2 Å². The number of amides is 2. The third-order valence-electron chi connectivity index (χ3n) is 7.89. The molecule has 3 N–H and O–H groups in total. The summed E-state index contributed by atoms with van der Waals surface area (Å²) < 4.78 is 39.4. The van der Waals surface area contributed by atoms with Crippen molar-refractivity contribution in [2.75, 3.05) is 13.1 Å². The molecule has 4 aromatic rings. The van der Waals surface area contributed by atoms with Gasteiger partial charge < -0.3 is 20.6 Å². The van der Waals surface area contributed by atoms with Gasteiger partial charge in [-0.1, -0.05) is 48.5 Å². The van der Waals surface area contributed by atoms with Gasteiger partial charge in [0.1, 0.15) is 10.7 Å². The number of thiazole rings is 1. The highest BCUT2D eigenvalue weighted by atomic mass is 32.1. The van der Waals surface area contributed by atoms with Crippen LogP contribution < -0.4 is 10.6 Å². The van der Waals surface area contributed by atoms with Crippen molar-refractivity contribution in [1.82, 2.24) is 25.5 Å². The summed E-state index contributed by atoms with van der Waals surface area (Å²) in [5, 5.41) is 19.9. The number of aryl methyl sites for hydroxylation is 2. The van der Waals surface area contributed by atoms with E-state index in [1.54, 1.807) is 24.0 Å². The molecule has 2 aromatic carbocycles. The van der Waals surface area contributed by atoms with Crippen LogP contribution in [0.25, 0.3) is 0 Å². The number of aliphatic hydroxyl groups excluding tert-OH is 1. The van der Waals surface area contributed by atoms with E-state index in [1.165, 1.54) is 23.5 Å². The predicted molar refractivity (Wildman–Crippen MR) is 169 cm³/mol. The molecule has 0 saturated carbocycles. The first kappa shape index (κ1) is 33.2. The summed E-state index contributed by atoms with van der Waals surface area (Å²) in [7, 11) is 0. The monoisotopic (exact) mass is 651 g/mol. The normalized spacial score (nSPS) is 16.3. The molecule has 3 atom stereocenters. The van der Waals surface area contributed by atoms with E-state index in [4.69, 9.17) is 0 Å². The lowest BCUT2D eigenvalue weighted by molar-refractivity contribution is -0.137. The molecule has 3 unspecified atom stereocenters. The van der Waals surface area contributed by atoms with Gasteiger partial charge in [-0.3, -0.25) is 9.59 Å². The molecule has 2 amide bonds. The fraction of sp³-hybridized carbons (Fsp3) is 0.353. The van der Waals surface area contributed by atoms with Gasteiger partial charge in [0.25, 0.3) is 11.8 Å². The minimum Gasteiger partial charge on any atom is -0.390 e. The minimum atomic E-state index is -4.45. The summed E-state index contributed by atoms with van der Waals surface area (Å²) in [6.07, 6.45) is -3.58. The Kier molecular flexibility index (Phi) is 10.5. The first-order valence-electron chi connectivity index (χ1n) is 15.1. The van der Waals surface area contributed by atoms with E-state index in [1.807, 2.05) is 42.6 Å². The molecular formula is C34H36F3N5O3S. The highest BCUT2D eigenvalue weighted by Gasteiger charge is 2.34. The molecule has 3 heterocycles. The summed E-state index contributed by atoms with van der Waals surface area (Å²) in [6, 6.07) is 16.5. The van der Waals surface area contributed by atoms with Crippen LogP contribution in [0.5, 0.6) is 0 Å². The molecule has 12 heteroatoms. The molecule has 0 aliphatic carbocycles. The predicted octanol–water partition coefficient (Wildman–Crippen LogP) is 5.64. The average molecular weight is 652 g/mol. The molecule has 1 fully saturated rings. The Morgan fingerprint density at radius 1 is 1.02 bits per heavy atom. The van der Waals surface area contributed by atoms with Gasteiger partial charge in [0.2, 0.25) is 0 Å². The quantitative estimate of drug-likeness (QED) is 0.194. The minimum absolute atomic E-state index is 0.0136. The Morgan fingerprint density at radius 2 is 1.78 bits per heavy atom. The second-order valence-electron chi connectivity index (χ2n) is 11.5. The number of halogens is 3. The van der Waals surface area contributed by atoms with Gasteiger partial charge in [0.15, 0.2) is 0 Å². The topological polar surface area (TPSA) is 107 Å². The van der Waals surface area contributed by atoms with Crippen molar-refractivity contribution >= 4 is 23.2 Å². The number of rotatable bonds is 11. The molecule has 2 aromatic heterocycles. The van der Waals surface area contributed by atoms with Crippen LogP contribution >= 0.6 is 11.3 Å². The fourth-order valence-electron chi connectivity index (χ4n) is 5.62. The van der Waals surface area contributed by atoms with Gasteiger partial charge in [-0.25, -0.2) is 9.97 Å². The Labute approximate surface area is 269 Å². The van der Waals surface area contributed by atoms with Crippen LogP contribution in [0, 0.1) is 13.8 Å². The number of hydrogen-bond donors (Lipinski definition) is 3. The molecule has 46 heavy (non-hydrogen) atoms. The zero-order valence-electron chi connectivity index (χ0n) is 25.6. The fourth-order valence-corrected chi connectivity index (χ4v) is 6.56. The van der Waals surface area contributed by atoms with E-state index in [9.17, 15) is 27.9 Å². The highest BCUT2D eigenvalue weighted by molar-refractivity contribution is 7.09. The molecule has 1 aliphatic heterocycles. The first-order chi connectivity index (χ1) is 22.0. The molecule has 0 radical (unpaired) electrons. The molecule has 1 aliphatic rings. The number of carbonyl (C=O) groups excluding carboxylic acids is 2. The molecule has 0 spiro atoms. The molecule has 5 rings (SSSR count). The Hall–Kier alpha value is -4.13. The SMILES string of the molecule is Cc1cc(C(=O)NC(Cc2ccccc2)C(O)CNCc2cccc(C(F)(F)F)c2)cc(C(=O)N2CCCC2c2nc(C)cs2)n1. The third-order valence-corrected chi connectivity index (χ3v) is 8.95. The Balaban J connectivity index is 1.29. The average Bonchev–Trinajstić information content (AvgIpc) is 3.69. The van der Waals surface area contributed by atoms with Crippen molar-refractivity contribution in [3.63, 3.8) is 0 Å². The lowest BCUT2D eigenvalue weighted by Gasteiger charge is -2.25. The van der Waals surface area contributed by atoms with Crippen LogP contribution in [0.3, 0.4) is 0 Å². The van der Waals surface area contributed by atoms with Gasteiger partial charge >= 0.3 is 6.18 Å². The largest absolute Gasteiger partial charge is 0.416 e. The van der Waals surface area contributed by atoms with Crippen molar-refractivity contribution in [3.8, 4) is 0 Å². The standard InChI is InChI=1S/C34H36F3N5O3S/c1-21-14-25(17-28(39-21)33(45)42-13-7-12-29(42)32-40-22(2)20-46-32)31(44)41-27(16-23-8-4-3-5-9-23)30(43)19-38-18-24-10-6-11-26(15-24)34(35,36)37/h3-6,8-11,14-15,17,20,27,29-30,38,43H,7,12-13,16,18-19H2,1-2H3,(H,41,44). The van der Waals surface area contributed by atoms with E-state index in [2.05, 4.69) is 20.6 Å². The second kappa shape index (κ2) is 14.5. The van der Waals surface area contributed by atoms with Gasteiger partial charge in [-0.15, -0.1) is 11.3 Å². The maximum absolute atomic E-state index is 13.6. The number of hydrogen-bond acceptors (Lipinski definition) is 7. The second-order valence-corrected chi connectivity index (χ2v) is 12.4. The van der Waals surface area contributed by atoms with Gasteiger partial charge in [-0.05, 0) is 62.4 Å². The summed E-state index contributed by atoms with van der Waals surface area (Å²) in [5.41, 5.74) is 2.35. The third kappa shape index (κ3) is 8.36. The number of nitrogens with zero attached hydrogens (tertiary/aromatic N) is 3. The van der Waals surface area contributed by atoms with Crippen molar-refractivity contribution in [2.45, 2.75) is 64.0 Å². The molecular weight excluding hydrogens is 615 g/mol. The molecule has 1 saturated heterocycles. The van der Waals surface area contributed by atoms with Crippen molar-refractivity contribution in [2.24, 2.45) is 0 Å². The summed E-state index contributed by atoms with van der Waals surface area (Å²) in [6.45, 7) is 4.31. The number of benzene rings is 2. The van der Waals surface area contributed by atoms with Gasteiger partial charge in [-0.2, -0.15) is 13.2 Å². The van der Waals surface area contributed by atoms with E-state index in [0.717, 1.165) is 41.2 Å². The van der Waals surface area contributed by atoms with Crippen molar-refractivity contribution < 1.29 is 27.9 Å². The molecule has 0 bridgehead atoms. The number of alkyl halides is 3. The lowest BCUT2D eigenvalue weighted by Crippen LogP contribution is -2.48. The number of aromatic nitrogens is 2. The summed E-state index contributed by atoms with van der Waals surface area (Å²) in [5.74, 6) is -0.751. The maximum Gasteiger partial charge on any atom is 0.416 e. The van der Waals surface area contributed by atoms with Crippen LogP contribution in [0.2, 0.25) is 0 Å². The van der Waals surface area contributed by atoms with Gasteiger partial charge in [0, 0.05) is 42.0 Å². The Bertz CT molecular complexity index is 1660. The summed E-state index contributed by atoms with van der Waals surface area (Å²) in [4.78, 5) is 38.0. The number of nitrogens with one attached hydrogen (secondary N) is 2. The van der Waals surface area contributed by atoms with E-state index < -0.39 is 29.8 Å². The van der Waals surface area contributed by atoms with Gasteiger partial charge in [0.05, 0.1) is 23.8 Å². The molecule has 242 valence electrons. The highest BCUT2D eigenvalue weighted by Crippen LogP contribution is 2.35. The summed E-state index contributed by atoms with van der Waals surface area (Å²) >= 11 is 1.53. The zero-order valence-corrected chi connectivity index (χ0v) is 26.4. The first-order valence-corrected chi connectivity index (χ1v) is 16.0. The van der Waals surface area contributed by atoms with Crippen LogP contribution in [-0.4, -0.2) is 57.0 Å². The maximum atomic E-state index is 13.6. The number of pyridine rings is 1. The smallest absolute Gasteiger partial charge is 0.390 e. The van der Waals surface area contributed by atoms with Crippen LogP contribution in [0.1, 0.15) is 72.8 Å². The van der Waals surface area contributed by atoms with Crippen LogP contribution in [0.15, 0.2) is 72.1 Å². The Morgan fingerprint density at radius 3 is 2.50 bits per heavy atom. The lowest BCUT2D eigenvalue weighted by atomic mass is 10.00. The zero-order chi connectivity index (χ0) is 32.8. The number of aliphatic hydroxyl groups is 1. The van der Waals surface area contributed by atoms with Crippen LogP contribution in [-0.2, 0) is 19.1 Å². The number of likely N-dealkylation sites (tertiary alicyclic amines) is 1. The number of carbonyl (C=O) groups is 2. The molecule has 8 nitrogen and oxygen atoms in total. The van der Waals surface area contributed by atoms with E-state index in [0.29, 0.717) is 24.2 Å². The van der Waals surface area contributed by atoms with Crippen molar-refractivity contribution in [1.29, 1.82) is 0 Å².